The standard InChI is InChI=1S/C17H23I2N3O7/c1-7-11(16(28)20-3-9(26)5-23)13(18)15(22-8(2)25)14(19)12(7)17(29)21-4-10(27)6-24/h9-10,23-24,26-27H,3-6H2,1-2H3,(H,20,28)(H,21,29)(H,22,25). The molecule has 7 N–H and O–H groups in total. The molecular formula is C17H23I2N3O7. The van der Waals surface area contributed by atoms with Crippen molar-refractivity contribution < 1.29 is 34.8 Å². The van der Waals surface area contributed by atoms with Crippen molar-refractivity contribution in [2.75, 3.05) is 31.6 Å². The minimum Gasteiger partial charge on any atom is -0.394 e. The largest absolute Gasteiger partial charge is 0.394 e. The van der Waals surface area contributed by atoms with Crippen LogP contribution in [0.1, 0.15) is 33.2 Å². The molecule has 0 fully saturated rings. The van der Waals surface area contributed by atoms with Gasteiger partial charge in [0.1, 0.15) is 0 Å². The first kappa shape index (κ1) is 26.0. The maximum atomic E-state index is 12.7. The second-order valence-corrected chi connectivity index (χ2v) is 8.31. The number of hydrogen-bond donors (Lipinski definition) is 7. The summed E-state index contributed by atoms with van der Waals surface area (Å²) in [7, 11) is 0. The molecule has 2 unspecified atom stereocenters. The van der Waals surface area contributed by atoms with E-state index in [-0.39, 0.29) is 29.9 Å². The predicted octanol–water partition coefficient (Wildman–Crippen LogP) is -0.671. The first-order valence-corrected chi connectivity index (χ1v) is 10.6. The van der Waals surface area contributed by atoms with Crippen molar-refractivity contribution in [1.29, 1.82) is 0 Å². The molecule has 29 heavy (non-hydrogen) atoms. The van der Waals surface area contributed by atoms with Crippen LogP contribution >= 0.6 is 45.2 Å². The summed E-state index contributed by atoms with van der Waals surface area (Å²) in [6, 6.07) is 0. The fourth-order valence-corrected chi connectivity index (χ4v) is 4.98. The molecule has 0 heterocycles. The van der Waals surface area contributed by atoms with E-state index in [4.69, 9.17) is 10.2 Å². The molecule has 1 aromatic rings. The zero-order valence-electron chi connectivity index (χ0n) is 15.8. The lowest BCUT2D eigenvalue weighted by atomic mass is 9.99. The van der Waals surface area contributed by atoms with Crippen LogP contribution in [0, 0.1) is 14.1 Å². The molecular weight excluding hydrogens is 612 g/mol. The second kappa shape index (κ2) is 11.9. The zero-order chi connectivity index (χ0) is 22.3. The van der Waals surface area contributed by atoms with E-state index in [0.717, 1.165) is 0 Å². The van der Waals surface area contributed by atoms with Crippen molar-refractivity contribution in [1.82, 2.24) is 10.6 Å². The maximum absolute atomic E-state index is 12.7. The molecule has 12 heteroatoms. The van der Waals surface area contributed by atoms with Gasteiger partial charge in [0.05, 0.1) is 49.4 Å². The van der Waals surface area contributed by atoms with E-state index >= 15 is 0 Å². The predicted molar refractivity (Wildman–Crippen MR) is 122 cm³/mol. The molecule has 10 nitrogen and oxygen atoms in total. The lowest BCUT2D eigenvalue weighted by Gasteiger charge is -2.20. The van der Waals surface area contributed by atoms with E-state index in [0.29, 0.717) is 12.7 Å². The summed E-state index contributed by atoms with van der Waals surface area (Å²) in [5.41, 5.74) is 0.880. The number of nitrogens with one attached hydrogen (secondary N) is 3. The normalized spacial score (nSPS) is 12.8. The number of aliphatic hydroxyl groups is 4. The van der Waals surface area contributed by atoms with Crippen LogP contribution in [0.4, 0.5) is 5.69 Å². The number of benzene rings is 1. The molecule has 0 aliphatic rings. The number of anilines is 1. The topological polar surface area (TPSA) is 168 Å². The Labute approximate surface area is 194 Å². The molecule has 0 saturated heterocycles. The maximum Gasteiger partial charge on any atom is 0.252 e. The van der Waals surface area contributed by atoms with Crippen LogP contribution in [-0.2, 0) is 4.79 Å². The molecule has 0 radical (unpaired) electrons. The Hall–Kier alpha value is -1.07. The Morgan fingerprint density at radius 1 is 0.897 bits per heavy atom. The molecule has 2 atom stereocenters. The van der Waals surface area contributed by atoms with Gasteiger partial charge in [-0.05, 0) is 57.7 Å². The molecule has 1 aromatic carbocycles. The number of hydrogen-bond acceptors (Lipinski definition) is 7. The number of carbonyl (C=O) groups excluding carboxylic acids is 3. The minimum atomic E-state index is -1.14. The van der Waals surface area contributed by atoms with Gasteiger partial charge in [-0.2, -0.15) is 0 Å². The van der Waals surface area contributed by atoms with Crippen LogP contribution in [0.3, 0.4) is 0 Å². The molecule has 3 amide bonds. The SMILES string of the molecule is CC(=O)Nc1c(I)c(C(=O)NCC(O)CO)c(C)c(C(=O)NCC(O)CO)c1I. The van der Waals surface area contributed by atoms with Crippen LogP contribution < -0.4 is 16.0 Å². The molecule has 0 spiro atoms. The van der Waals surface area contributed by atoms with Crippen molar-refractivity contribution >= 4 is 68.6 Å². The smallest absolute Gasteiger partial charge is 0.252 e. The first-order valence-electron chi connectivity index (χ1n) is 8.48. The van der Waals surface area contributed by atoms with Crippen molar-refractivity contribution in [2.45, 2.75) is 26.1 Å². The Morgan fingerprint density at radius 2 is 1.28 bits per heavy atom. The lowest BCUT2D eigenvalue weighted by Crippen LogP contribution is -2.37. The van der Waals surface area contributed by atoms with Crippen molar-refractivity contribution in [3.05, 3.63) is 23.8 Å². The van der Waals surface area contributed by atoms with Crippen LogP contribution in [0.2, 0.25) is 0 Å². The summed E-state index contributed by atoms with van der Waals surface area (Å²) in [6.45, 7) is 1.41. The fourth-order valence-electron chi connectivity index (χ4n) is 2.35. The van der Waals surface area contributed by atoms with Gasteiger partial charge in [-0.1, -0.05) is 0 Å². The van der Waals surface area contributed by atoms with Crippen LogP contribution in [0.15, 0.2) is 0 Å². The monoisotopic (exact) mass is 635 g/mol. The van der Waals surface area contributed by atoms with E-state index < -0.39 is 43.1 Å². The average molecular weight is 635 g/mol. The Kier molecular flexibility index (Phi) is 10.7. The Balaban J connectivity index is 3.45. The first-order chi connectivity index (χ1) is 13.5. The average Bonchev–Trinajstić information content (AvgIpc) is 2.67. The van der Waals surface area contributed by atoms with E-state index in [9.17, 15) is 24.6 Å². The van der Waals surface area contributed by atoms with Crippen LogP contribution in [0.25, 0.3) is 0 Å². The van der Waals surface area contributed by atoms with E-state index in [1.807, 2.05) is 45.2 Å². The van der Waals surface area contributed by atoms with Crippen LogP contribution in [0.5, 0.6) is 0 Å². The summed E-state index contributed by atoms with van der Waals surface area (Å²) in [5, 5.41) is 44.3. The number of carbonyl (C=O) groups is 3. The Bertz CT molecular complexity index is 736. The third kappa shape index (κ3) is 6.99. The molecule has 162 valence electrons. The molecule has 1 rings (SSSR count). The van der Waals surface area contributed by atoms with Crippen molar-refractivity contribution in [2.24, 2.45) is 0 Å². The third-order valence-electron chi connectivity index (χ3n) is 3.80. The molecule has 0 saturated carbocycles. The molecule has 0 aliphatic carbocycles. The van der Waals surface area contributed by atoms with Gasteiger partial charge in [-0.3, -0.25) is 14.4 Å². The van der Waals surface area contributed by atoms with Gasteiger partial charge >= 0.3 is 0 Å². The highest BCUT2D eigenvalue weighted by atomic mass is 127. The molecule has 0 aliphatic heterocycles. The quantitative estimate of drug-likeness (QED) is 0.177. The highest BCUT2D eigenvalue weighted by Gasteiger charge is 2.27. The highest BCUT2D eigenvalue weighted by molar-refractivity contribution is 14.1. The summed E-state index contributed by atoms with van der Waals surface area (Å²) in [5.74, 6) is -1.58. The minimum absolute atomic E-state index is 0.132. The van der Waals surface area contributed by atoms with Gasteiger partial charge in [0.2, 0.25) is 5.91 Å². The third-order valence-corrected chi connectivity index (χ3v) is 5.96. The van der Waals surface area contributed by atoms with Crippen molar-refractivity contribution in [3.8, 4) is 0 Å². The van der Waals surface area contributed by atoms with E-state index in [2.05, 4.69) is 16.0 Å². The van der Waals surface area contributed by atoms with E-state index in [1.54, 1.807) is 6.92 Å². The van der Waals surface area contributed by atoms with Gasteiger partial charge in [0, 0.05) is 20.0 Å². The van der Waals surface area contributed by atoms with Gasteiger partial charge in [0.15, 0.2) is 0 Å². The lowest BCUT2D eigenvalue weighted by molar-refractivity contribution is -0.114. The summed E-state index contributed by atoms with van der Waals surface area (Å²) in [4.78, 5) is 37.1. The number of rotatable bonds is 9. The van der Waals surface area contributed by atoms with Gasteiger partial charge < -0.3 is 36.4 Å². The highest BCUT2D eigenvalue weighted by Crippen LogP contribution is 2.34. The number of halogens is 2. The van der Waals surface area contributed by atoms with Gasteiger partial charge in [-0.15, -0.1) is 0 Å². The van der Waals surface area contributed by atoms with Gasteiger partial charge in [0.25, 0.3) is 11.8 Å². The fraction of sp³-hybridized carbons (Fsp3) is 0.471. The van der Waals surface area contributed by atoms with Crippen LogP contribution in [-0.4, -0.2) is 76.7 Å². The summed E-state index contributed by atoms with van der Waals surface area (Å²) in [6.07, 6.45) is -2.28. The molecule has 0 aromatic heterocycles. The number of aliphatic hydroxyl groups excluding tert-OH is 4. The Morgan fingerprint density at radius 3 is 1.59 bits per heavy atom. The summed E-state index contributed by atoms with van der Waals surface area (Å²) >= 11 is 3.78. The summed E-state index contributed by atoms with van der Waals surface area (Å²) < 4.78 is 0.810. The van der Waals surface area contributed by atoms with E-state index in [1.165, 1.54) is 6.92 Å². The molecule has 0 bridgehead atoms. The zero-order valence-corrected chi connectivity index (χ0v) is 20.1. The second-order valence-electron chi connectivity index (χ2n) is 6.15. The van der Waals surface area contributed by atoms with Crippen molar-refractivity contribution in [3.63, 3.8) is 0 Å². The number of amides is 3. The van der Waals surface area contributed by atoms with Gasteiger partial charge in [-0.25, -0.2) is 0 Å².